The van der Waals surface area contributed by atoms with Crippen molar-refractivity contribution < 1.29 is 18.8 Å². The second kappa shape index (κ2) is 6.24. The van der Waals surface area contributed by atoms with E-state index in [1.54, 1.807) is 0 Å². The van der Waals surface area contributed by atoms with Crippen molar-refractivity contribution >= 4 is 29.7 Å². The molecule has 0 unspecified atom stereocenters. The minimum absolute atomic E-state index is 0. The molecule has 1 aromatic rings. The van der Waals surface area contributed by atoms with Crippen LogP contribution < -0.4 is 5.73 Å². The van der Waals surface area contributed by atoms with Crippen molar-refractivity contribution in [2.75, 3.05) is 6.61 Å². The maximum atomic E-state index is 13.2. The van der Waals surface area contributed by atoms with Crippen molar-refractivity contribution in [1.82, 2.24) is 0 Å². The van der Waals surface area contributed by atoms with Crippen LogP contribution in [0.4, 0.5) is 14.5 Å². The predicted molar refractivity (Wildman–Crippen MR) is 64.3 cm³/mol. The zero-order valence-electron chi connectivity index (χ0n) is 8.85. The lowest BCUT2D eigenvalue weighted by Crippen LogP contribution is -2.36. The number of alkyl halides is 2. The molecule has 0 saturated heterocycles. The first-order valence-electron chi connectivity index (χ1n) is 4.47. The zero-order valence-corrected chi connectivity index (χ0v) is 10.4. The maximum Gasteiger partial charge on any atom is 0.289 e. The van der Waals surface area contributed by atoms with Crippen LogP contribution in [0.1, 0.15) is 11.6 Å². The second-order valence-electron chi connectivity index (χ2n) is 3.36. The summed E-state index contributed by atoms with van der Waals surface area (Å²) in [6.45, 7) is -1.50. The van der Waals surface area contributed by atoms with Gasteiger partial charge >= 0.3 is 0 Å². The average Bonchev–Trinajstić information content (AvgIpc) is 2.27. The molecule has 0 amide bonds. The Bertz CT molecular complexity index is 446. The van der Waals surface area contributed by atoms with Gasteiger partial charge in [-0.25, -0.2) is 8.78 Å². The van der Waals surface area contributed by atoms with E-state index in [0.29, 0.717) is 0 Å². The summed E-state index contributed by atoms with van der Waals surface area (Å²) in [7, 11) is 0. The van der Waals surface area contributed by atoms with E-state index in [-0.39, 0.29) is 17.4 Å². The van der Waals surface area contributed by atoms with E-state index in [4.69, 9.17) is 22.4 Å². The largest absolute Gasteiger partial charge is 0.390 e. The van der Waals surface area contributed by atoms with E-state index in [1.807, 2.05) is 0 Å². The highest BCUT2D eigenvalue weighted by atomic mass is 35.5. The Morgan fingerprint density at radius 1 is 1.56 bits per heavy atom. The van der Waals surface area contributed by atoms with Crippen molar-refractivity contribution in [1.29, 1.82) is 0 Å². The molecular formula is C9H10Cl2F2N2O3. The molecule has 102 valence electrons. The molecule has 0 aliphatic carbocycles. The summed E-state index contributed by atoms with van der Waals surface area (Å²) < 4.78 is 26.3. The first-order valence-corrected chi connectivity index (χ1v) is 4.85. The van der Waals surface area contributed by atoms with Gasteiger partial charge in [0.05, 0.1) is 10.5 Å². The van der Waals surface area contributed by atoms with Crippen LogP contribution in [0.25, 0.3) is 0 Å². The topological polar surface area (TPSA) is 89.4 Å². The van der Waals surface area contributed by atoms with E-state index in [2.05, 4.69) is 0 Å². The number of benzene rings is 1. The molecule has 0 heterocycles. The maximum absolute atomic E-state index is 13.2. The van der Waals surface area contributed by atoms with Gasteiger partial charge in [0.15, 0.2) is 0 Å². The fourth-order valence-corrected chi connectivity index (χ4v) is 1.45. The van der Waals surface area contributed by atoms with E-state index in [9.17, 15) is 18.9 Å². The van der Waals surface area contributed by atoms with Gasteiger partial charge in [-0.1, -0.05) is 11.6 Å². The molecule has 9 heteroatoms. The van der Waals surface area contributed by atoms with Crippen LogP contribution in [0.5, 0.6) is 0 Å². The molecule has 1 atom stereocenters. The quantitative estimate of drug-likeness (QED) is 0.659. The number of aliphatic hydroxyl groups excluding tert-OH is 1. The Labute approximate surface area is 112 Å². The van der Waals surface area contributed by atoms with Crippen LogP contribution in [-0.2, 0) is 0 Å². The number of nitrogens with two attached hydrogens (primary N) is 1. The van der Waals surface area contributed by atoms with Crippen molar-refractivity contribution in [2.45, 2.75) is 12.0 Å². The average molecular weight is 303 g/mol. The highest BCUT2D eigenvalue weighted by Gasteiger charge is 2.40. The number of aliphatic hydroxyl groups is 1. The lowest BCUT2D eigenvalue weighted by Gasteiger charge is -2.21. The Hall–Kier alpha value is -1.02. The molecule has 0 radical (unpaired) electrons. The number of nitro groups is 1. The van der Waals surface area contributed by atoms with Gasteiger partial charge < -0.3 is 10.8 Å². The van der Waals surface area contributed by atoms with Gasteiger partial charge in [0.2, 0.25) is 0 Å². The molecule has 5 nitrogen and oxygen atoms in total. The van der Waals surface area contributed by atoms with Crippen molar-refractivity contribution in [3.63, 3.8) is 0 Å². The molecule has 1 rings (SSSR count). The van der Waals surface area contributed by atoms with E-state index >= 15 is 0 Å². The van der Waals surface area contributed by atoms with Gasteiger partial charge in [-0.15, -0.1) is 12.4 Å². The van der Waals surface area contributed by atoms with Crippen LogP contribution in [-0.4, -0.2) is 22.6 Å². The number of hydrogen-bond acceptors (Lipinski definition) is 4. The summed E-state index contributed by atoms with van der Waals surface area (Å²) in [6.07, 6.45) is 0. The predicted octanol–water partition coefficient (Wildman–Crippen LogP) is 2.30. The number of halogens is 4. The molecular weight excluding hydrogens is 293 g/mol. The van der Waals surface area contributed by atoms with E-state index in [0.717, 1.165) is 12.1 Å². The summed E-state index contributed by atoms with van der Waals surface area (Å²) in [5.74, 6) is -3.66. The standard InChI is InChI=1S/C9H9ClF2N2O3.ClH/c10-5-1-2-7(14(16)17)6(3-5)8(13)9(11,12)4-15;/h1-3,8,15H,4,13H2;1H/t8-;/m0./s1. The van der Waals surface area contributed by atoms with Gasteiger partial charge in [0.25, 0.3) is 11.6 Å². The molecule has 18 heavy (non-hydrogen) atoms. The third kappa shape index (κ3) is 3.49. The number of rotatable bonds is 4. The van der Waals surface area contributed by atoms with Crippen LogP contribution in [0.3, 0.4) is 0 Å². The van der Waals surface area contributed by atoms with Crippen molar-refractivity contribution in [2.24, 2.45) is 5.73 Å². The second-order valence-corrected chi connectivity index (χ2v) is 3.79. The van der Waals surface area contributed by atoms with Gasteiger partial charge in [-0.3, -0.25) is 10.1 Å². The molecule has 0 fully saturated rings. The normalized spacial score (nSPS) is 12.7. The summed E-state index contributed by atoms with van der Waals surface area (Å²) in [4.78, 5) is 9.82. The highest BCUT2D eigenvalue weighted by molar-refractivity contribution is 6.30. The zero-order chi connectivity index (χ0) is 13.2. The number of hydrogen-bond donors (Lipinski definition) is 2. The van der Waals surface area contributed by atoms with Crippen molar-refractivity contribution in [3.8, 4) is 0 Å². The first kappa shape index (κ1) is 17.0. The molecule has 0 aromatic heterocycles. The molecule has 1 aromatic carbocycles. The van der Waals surface area contributed by atoms with E-state index in [1.165, 1.54) is 6.07 Å². The van der Waals surface area contributed by atoms with E-state index < -0.39 is 34.7 Å². The Kier molecular flexibility index (Phi) is 5.88. The lowest BCUT2D eigenvalue weighted by atomic mass is 10.00. The molecule has 0 aliphatic heterocycles. The summed E-state index contributed by atoms with van der Waals surface area (Å²) in [5, 5.41) is 19.2. The van der Waals surface area contributed by atoms with Crippen LogP contribution in [0, 0.1) is 10.1 Å². The lowest BCUT2D eigenvalue weighted by molar-refractivity contribution is -0.386. The van der Waals surface area contributed by atoms with Crippen LogP contribution in [0.15, 0.2) is 18.2 Å². The summed E-state index contributed by atoms with van der Waals surface area (Å²) >= 11 is 5.57. The fourth-order valence-electron chi connectivity index (χ4n) is 1.27. The molecule has 0 saturated carbocycles. The third-order valence-electron chi connectivity index (χ3n) is 2.19. The Morgan fingerprint density at radius 3 is 2.56 bits per heavy atom. The van der Waals surface area contributed by atoms with Crippen LogP contribution in [0.2, 0.25) is 5.02 Å². The van der Waals surface area contributed by atoms with Crippen molar-refractivity contribution in [3.05, 3.63) is 38.9 Å². The monoisotopic (exact) mass is 302 g/mol. The fraction of sp³-hybridized carbons (Fsp3) is 0.333. The highest BCUT2D eigenvalue weighted by Crippen LogP contribution is 2.35. The van der Waals surface area contributed by atoms with Gasteiger partial charge in [-0.05, 0) is 12.1 Å². The SMILES string of the molecule is Cl.N[C@@H](c1cc(Cl)ccc1[N+](=O)[O-])C(F)(F)CO. The smallest absolute Gasteiger partial charge is 0.289 e. The Morgan fingerprint density at radius 2 is 2.11 bits per heavy atom. The Balaban J connectivity index is 0.00000289. The molecule has 0 bridgehead atoms. The van der Waals surface area contributed by atoms with Gasteiger partial charge in [0, 0.05) is 11.1 Å². The molecule has 3 N–H and O–H groups in total. The summed E-state index contributed by atoms with van der Waals surface area (Å²) in [5.41, 5.74) is 4.24. The first-order chi connectivity index (χ1) is 7.79. The van der Waals surface area contributed by atoms with Gasteiger partial charge in [-0.2, -0.15) is 0 Å². The molecule has 0 aliphatic rings. The minimum Gasteiger partial charge on any atom is -0.390 e. The third-order valence-corrected chi connectivity index (χ3v) is 2.42. The van der Waals surface area contributed by atoms with Gasteiger partial charge in [0.1, 0.15) is 12.6 Å². The number of nitrogens with zero attached hydrogens (tertiary/aromatic N) is 1. The van der Waals surface area contributed by atoms with Crippen LogP contribution >= 0.6 is 24.0 Å². The number of nitro benzene ring substituents is 1. The minimum atomic E-state index is -3.66. The molecule has 0 spiro atoms. The summed E-state index contributed by atoms with van der Waals surface area (Å²) in [6, 6.07) is 1.19.